The third-order valence-corrected chi connectivity index (χ3v) is 5.73. The second kappa shape index (κ2) is 7.22. The minimum atomic E-state index is -0.604. The van der Waals surface area contributed by atoms with E-state index in [9.17, 15) is 9.59 Å². The summed E-state index contributed by atoms with van der Waals surface area (Å²) in [5, 5.41) is 0. The van der Waals surface area contributed by atoms with Crippen molar-refractivity contribution in [1.29, 1.82) is 0 Å². The molecule has 3 heterocycles. The fourth-order valence-electron chi connectivity index (χ4n) is 4.41. The van der Waals surface area contributed by atoms with E-state index in [0.29, 0.717) is 13.0 Å². The first-order chi connectivity index (χ1) is 13.3. The van der Waals surface area contributed by atoms with Crippen LogP contribution in [0.3, 0.4) is 0 Å². The fourth-order valence-corrected chi connectivity index (χ4v) is 4.41. The quantitative estimate of drug-likeness (QED) is 0.739. The average Bonchev–Trinajstić information content (AvgIpc) is 3.03. The zero-order chi connectivity index (χ0) is 19.9. The van der Waals surface area contributed by atoms with Gasteiger partial charge in [-0.1, -0.05) is 18.2 Å². The molecule has 6 heteroatoms. The SMILES string of the molecule is CC(C)(C)OC(=O)N1CC2=Nc3ccccc3C2CC1C(=O)N1CCCCC1. The molecular weight excluding hydrogens is 354 g/mol. The van der Waals surface area contributed by atoms with Crippen LogP contribution in [0.1, 0.15) is 57.9 Å². The van der Waals surface area contributed by atoms with E-state index in [1.165, 1.54) is 0 Å². The van der Waals surface area contributed by atoms with E-state index < -0.39 is 17.7 Å². The van der Waals surface area contributed by atoms with E-state index in [-0.39, 0.29) is 11.8 Å². The highest BCUT2D eigenvalue weighted by Crippen LogP contribution is 2.42. The number of carbonyl (C=O) groups is 2. The summed E-state index contributed by atoms with van der Waals surface area (Å²) in [7, 11) is 0. The van der Waals surface area contributed by atoms with Crippen molar-refractivity contribution < 1.29 is 14.3 Å². The van der Waals surface area contributed by atoms with Gasteiger partial charge in [0.15, 0.2) is 0 Å². The summed E-state index contributed by atoms with van der Waals surface area (Å²) in [4.78, 5) is 34.6. The lowest BCUT2D eigenvalue weighted by molar-refractivity contribution is -0.138. The Morgan fingerprint density at radius 3 is 2.54 bits per heavy atom. The van der Waals surface area contributed by atoms with Crippen LogP contribution in [-0.4, -0.2) is 58.8 Å². The van der Waals surface area contributed by atoms with Crippen LogP contribution < -0.4 is 0 Å². The maximum Gasteiger partial charge on any atom is 0.411 e. The Bertz CT molecular complexity index is 805. The molecule has 4 rings (SSSR count). The molecule has 2 atom stereocenters. The molecule has 3 aliphatic heterocycles. The van der Waals surface area contributed by atoms with Gasteiger partial charge >= 0.3 is 6.09 Å². The van der Waals surface area contributed by atoms with Crippen molar-refractivity contribution in [3.05, 3.63) is 29.8 Å². The lowest BCUT2D eigenvalue weighted by Crippen LogP contribution is -2.57. The van der Waals surface area contributed by atoms with Gasteiger partial charge in [-0.15, -0.1) is 0 Å². The maximum absolute atomic E-state index is 13.4. The number of amides is 2. The molecule has 1 aromatic rings. The Labute approximate surface area is 166 Å². The van der Waals surface area contributed by atoms with Gasteiger partial charge < -0.3 is 9.64 Å². The van der Waals surface area contributed by atoms with Gasteiger partial charge in [-0.3, -0.25) is 14.7 Å². The lowest BCUT2D eigenvalue weighted by atomic mass is 9.84. The number of nitrogens with zero attached hydrogens (tertiary/aromatic N) is 3. The van der Waals surface area contributed by atoms with Crippen molar-refractivity contribution >= 4 is 23.4 Å². The number of para-hydroxylation sites is 1. The van der Waals surface area contributed by atoms with E-state index in [4.69, 9.17) is 9.73 Å². The molecule has 3 aliphatic rings. The highest BCUT2D eigenvalue weighted by atomic mass is 16.6. The normalized spacial score (nSPS) is 24.3. The highest BCUT2D eigenvalue weighted by molar-refractivity contribution is 6.03. The third-order valence-electron chi connectivity index (χ3n) is 5.73. The summed E-state index contributed by atoms with van der Waals surface area (Å²) in [6, 6.07) is 7.58. The van der Waals surface area contributed by atoms with Crippen molar-refractivity contribution in [3.63, 3.8) is 0 Å². The first-order valence-electron chi connectivity index (χ1n) is 10.3. The zero-order valence-corrected chi connectivity index (χ0v) is 17.0. The maximum atomic E-state index is 13.4. The number of rotatable bonds is 1. The van der Waals surface area contributed by atoms with E-state index >= 15 is 0 Å². The number of hydrogen-bond donors (Lipinski definition) is 0. The molecule has 150 valence electrons. The van der Waals surface area contributed by atoms with Crippen LogP contribution in [0.5, 0.6) is 0 Å². The van der Waals surface area contributed by atoms with Crippen molar-refractivity contribution in [2.45, 2.75) is 64.0 Å². The molecule has 1 aromatic carbocycles. The molecule has 0 bridgehead atoms. The first kappa shape index (κ1) is 19.0. The van der Waals surface area contributed by atoms with E-state index in [1.54, 1.807) is 4.90 Å². The number of likely N-dealkylation sites (tertiary alicyclic amines) is 2. The predicted octanol–water partition coefficient (Wildman–Crippen LogP) is 3.88. The van der Waals surface area contributed by atoms with Crippen molar-refractivity contribution in [3.8, 4) is 0 Å². The van der Waals surface area contributed by atoms with E-state index in [1.807, 2.05) is 43.9 Å². The highest BCUT2D eigenvalue weighted by Gasteiger charge is 2.45. The molecule has 28 heavy (non-hydrogen) atoms. The molecular formula is C22H29N3O3. The molecule has 2 amide bonds. The van der Waals surface area contributed by atoms with Crippen LogP contribution in [0.15, 0.2) is 29.3 Å². The molecule has 2 unspecified atom stereocenters. The van der Waals surface area contributed by atoms with Crippen molar-refractivity contribution in [2.24, 2.45) is 4.99 Å². The van der Waals surface area contributed by atoms with Gasteiger partial charge in [0.1, 0.15) is 11.6 Å². The zero-order valence-electron chi connectivity index (χ0n) is 17.0. The first-order valence-corrected chi connectivity index (χ1v) is 10.3. The summed E-state index contributed by atoms with van der Waals surface area (Å²) >= 11 is 0. The molecule has 0 spiro atoms. The predicted molar refractivity (Wildman–Crippen MR) is 108 cm³/mol. The van der Waals surface area contributed by atoms with Gasteiger partial charge in [0.25, 0.3) is 0 Å². The summed E-state index contributed by atoms with van der Waals surface area (Å²) in [5.74, 6) is 0.155. The van der Waals surface area contributed by atoms with Crippen LogP contribution in [-0.2, 0) is 9.53 Å². The fraction of sp³-hybridized carbons (Fsp3) is 0.591. The standard InChI is InChI=1S/C22H29N3O3/c1-22(2,3)28-21(27)25-14-18-16(15-9-5-6-10-17(15)23-18)13-19(25)20(26)24-11-7-4-8-12-24/h5-6,9-10,16,19H,4,7-8,11-14H2,1-3H3. The lowest BCUT2D eigenvalue weighted by Gasteiger charge is -2.41. The minimum absolute atomic E-state index is 0.0500. The Morgan fingerprint density at radius 1 is 1.11 bits per heavy atom. The van der Waals surface area contributed by atoms with Gasteiger partial charge in [0, 0.05) is 24.7 Å². The molecule has 2 fully saturated rings. The summed E-state index contributed by atoms with van der Waals surface area (Å²) in [6.45, 7) is 7.45. The largest absolute Gasteiger partial charge is 0.444 e. The Hall–Kier alpha value is -2.37. The number of ether oxygens (including phenoxy) is 1. The average molecular weight is 383 g/mol. The van der Waals surface area contributed by atoms with Crippen LogP contribution in [0, 0.1) is 0 Å². The minimum Gasteiger partial charge on any atom is -0.444 e. The Kier molecular flexibility index (Phi) is 4.89. The van der Waals surface area contributed by atoms with Crippen LogP contribution in [0.4, 0.5) is 10.5 Å². The molecule has 0 radical (unpaired) electrons. The number of carbonyl (C=O) groups excluding carboxylic acids is 2. The van der Waals surface area contributed by atoms with Gasteiger partial charge in [0.2, 0.25) is 5.91 Å². The summed E-state index contributed by atoms with van der Waals surface area (Å²) in [5.41, 5.74) is 2.47. The molecule has 0 aliphatic carbocycles. The number of piperidine rings is 2. The smallest absolute Gasteiger partial charge is 0.411 e. The van der Waals surface area contributed by atoms with Crippen LogP contribution in [0.2, 0.25) is 0 Å². The molecule has 0 N–H and O–H groups in total. The Balaban J connectivity index is 1.63. The second-order valence-electron chi connectivity index (χ2n) is 8.96. The van der Waals surface area contributed by atoms with Crippen LogP contribution in [0.25, 0.3) is 0 Å². The van der Waals surface area contributed by atoms with Gasteiger partial charge in [-0.05, 0) is 58.1 Å². The van der Waals surface area contributed by atoms with Crippen molar-refractivity contribution in [1.82, 2.24) is 9.80 Å². The number of aliphatic imine (C=N–C) groups is 1. The summed E-state index contributed by atoms with van der Waals surface area (Å²) < 4.78 is 5.63. The van der Waals surface area contributed by atoms with E-state index in [0.717, 1.165) is 49.3 Å². The number of benzene rings is 1. The molecule has 6 nitrogen and oxygen atoms in total. The Morgan fingerprint density at radius 2 is 1.82 bits per heavy atom. The van der Waals surface area contributed by atoms with Gasteiger partial charge in [-0.2, -0.15) is 0 Å². The number of fused-ring (bicyclic) bond motifs is 3. The third kappa shape index (κ3) is 3.64. The topological polar surface area (TPSA) is 62.2 Å². The molecule has 2 saturated heterocycles. The van der Waals surface area contributed by atoms with Gasteiger partial charge in [-0.25, -0.2) is 4.79 Å². The van der Waals surface area contributed by atoms with Crippen LogP contribution >= 0.6 is 0 Å². The molecule has 0 saturated carbocycles. The second-order valence-corrected chi connectivity index (χ2v) is 8.96. The van der Waals surface area contributed by atoms with Crippen molar-refractivity contribution in [2.75, 3.05) is 19.6 Å². The monoisotopic (exact) mass is 383 g/mol. The van der Waals surface area contributed by atoms with Gasteiger partial charge in [0.05, 0.1) is 12.2 Å². The van der Waals surface area contributed by atoms with E-state index in [2.05, 4.69) is 6.07 Å². The summed E-state index contributed by atoms with van der Waals surface area (Å²) in [6.07, 6.45) is 3.37. The molecule has 0 aromatic heterocycles. The number of hydrogen-bond acceptors (Lipinski definition) is 4.